The Morgan fingerprint density at radius 2 is 0.778 bits per heavy atom. The summed E-state index contributed by atoms with van der Waals surface area (Å²) in [6, 6.07) is 9.72. The molecule has 3 fully saturated rings. The van der Waals surface area contributed by atoms with Crippen LogP contribution in [0.3, 0.4) is 0 Å². The minimum atomic E-state index is -1.02. The first-order valence-corrected chi connectivity index (χ1v) is 46.0. The molecule has 1 aromatic carbocycles. The molecule has 2 heterocycles. The zero-order chi connectivity index (χ0) is 107. The van der Waals surface area contributed by atoms with Gasteiger partial charge >= 0.3 is 89.5 Å². The fourth-order valence-corrected chi connectivity index (χ4v) is 10.7. The quantitative estimate of drug-likeness (QED) is 0.0237. The maximum atomic E-state index is 12.0. The van der Waals surface area contributed by atoms with Crippen molar-refractivity contribution in [2.75, 3.05) is 95.5 Å². The van der Waals surface area contributed by atoms with Crippen LogP contribution >= 0.6 is 0 Å². The Morgan fingerprint density at radius 1 is 0.444 bits per heavy atom. The molecule has 1 aliphatic carbocycles. The maximum absolute atomic E-state index is 12.0. The van der Waals surface area contributed by atoms with Crippen molar-refractivity contribution in [2.45, 2.75) is 328 Å². The zero-order valence-corrected chi connectivity index (χ0v) is 88.4. The Balaban J connectivity index is -0.000000348. The Bertz CT molecular complexity index is 3680. The monoisotopic (exact) mass is 1930 g/mol. The third kappa shape index (κ3) is 52.1. The van der Waals surface area contributed by atoms with E-state index in [1.165, 1.54) is 49.6 Å². The van der Waals surface area contributed by atoms with Crippen LogP contribution in [0, 0.1) is 70.9 Å². The van der Waals surface area contributed by atoms with Crippen LogP contribution < -0.4 is 0 Å². The first kappa shape index (κ1) is 136. The van der Waals surface area contributed by atoms with Crippen molar-refractivity contribution >= 4 is 89.5 Å². The Labute approximate surface area is 805 Å². The minimum absolute atomic E-state index is 0.0441. The third-order valence-electron chi connectivity index (χ3n) is 24.6. The van der Waals surface area contributed by atoms with E-state index in [0.29, 0.717) is 90.4 Å². The summed E-state index contributed by atoms with van der Waals surface area (Å²) in [5.74, 6) is -6.07. The number of carbonyl (C=O) groups excluding carboxylic acids is 12. The molecule has 0 spiro atoms. The molecule has 0 amide bonds. The van der Waals surface area contributed by atoms with Gasteiger partial charge in [-0.25, -0.2) is 9.59 Å². The largest absolute Gasteiger partial charge is 0.481 e. The van der Waals surface area contributed by atoms with E-state index in [4.69, 9.17) is 72.2 Å². The highest BCUT2D eigenvalue weighted by molar-refractivity contribution is 5.87. The molecule has 0 bridgehead atoms. The lowest BCUT2D eigenvalue weighted by Gasteiger charge is -2.42. The predicted molar refractivity (Wildman–Crippen MR) is 509 cm³/mol. The highest BCUT2D eigenvalue weighted by Gasteiger charge is 2.53. The molecule has 8 unspecified atom stereocenters. The summed E-state index contributed by atoms with van der Waals surface area (Å²) in [4.78, 5) is 168. The van der Waals surface area contributed by atoms with Crippen molar-refractivity contribution in [2.24, 2.45) is 70.9 Å². The van der Waals surface area contributed by atoms with Gasteiger partial charge in [-0.05, 0) is 239 Å². The van der Waals surface area contributed by atoms with E-state index in [2.05, 4.69) is 22.6 Å². The average Bonchev–Trinajstić information content (AvgIpc) is 0.779. The summed E-state index contributed by atoms with van der Waals surface area (Å²) >= 11 is 0. The molecule has 135 heavy (non-hydrogen) atoms. The van der Waals surface area contributed by atoms with Crippen LogP contribution in [-0.4, -0.2) is 229 Å². The number of hydrogen-bond donors (Lipinski definition) is 5. The molecule has 34 nitrogen and oxygen atoms in total. The van der Waals surface area contributed by atoms with Gasteiger partial charge in [-0.1, -0.05) is 113 Å². The smallest absolute Gasteiger partial charge is 0.333 e. The Morgan fingerprint density at radius 3 is 1.07 bits per heavy atom. The van der Waals surface area contributed by atoms with Crippen LogP contribution in [0.1, 0.15) is 309 Å². The topological polar surface area (TPSA) is 486 Å². The summed E-state index contributed by atoms with van der Waals surface area (Å²) in [5, 5.41) is 44.8. The van der Waals surface area contributed by atoms with Gasteiger partial charge in [0.25, 0.3) is 0 Å². The highest BCUT2D eigenvalue weighted by atomic mass is 16.6. The number of carbonyl (C=O) groups is 15. The normalized spacial score (nSPS) is 19.2. The van der Waals surface area contributed by atoms with Crippen molar-refractivity contribution in [3.05, 3.63) is 60.7 Å². The number of carboxylic acid groups (broad SMARTS) is 3. The second-order valence-electron chi connectivity index (χ2n) is 39.2. The number of carboxylic acids is 3. The molecule has 34 heteroatoms. The van der Waals surface area contributed by atoms with Crippen LogP contribution in [0.2, 0.25) is 0 Å². The van der Waals surface area contributed by atoms with Crippen molar-refractivity contribution in [1.29, 1.82) is 0 Å². The van der Waals surface area contributed by atoms with Gasteiger partial charge < -0.3 is 91.8 Å². The van der Waals surface area contributed by atoms with E-state index in [0.717, 1.165) is 37.3 Å². The number of ether oxygens (including phenoxy) is 14. The summed E-state index contributed by atoms with van der Waals surface area (Å²) < 4.78 is 69.3. The van der Waals surface area contributed by atoms with Gasteiger partial charge in [0.05, 0.1) is 153 Å². The molecule has 3 aliphatic rings. The fraction of sp³-hybridized carbons (Fsp3) is 0.752. The van der Waals surface area contributed by atoms with E-state index < -0.39 is 96.9 Å². The second-order valence-corrected chi connectivity index (χ2v) is 39.2. The molecule has 5 N–H and O–H groups in total. The molecule has 0 radical (unpaired) electrons. The molecule has 0 aromatic heterocycles. The van der Waals surface area contributed by atoms with Gasteiger partial charge in [0.15, 0.2) is 0 Å². The molecule has 1 saturated carbocycles. The van der Waals surface area contributed by atoms with Crippen molar-refractivity contribution < 1.29 is 164 Å². The van der Waals surface area contributed by atoms with Crippen LogP contribution in [0.25, 0.3) is 0 Å². The Hall–Kier alpha value is -9.41. The van der Waals surface area contributed by atoms with Crippen LogP contribution in [0.5, 0.6) is 0 Å². The number of hydrogen-bond acceptors (Lipinski definition) is 31. The first-order valence-electron chi connectivity index (χ1n) is 46.0. The lowest BCUT2D eigenvalue weighted by molar-refractivity contribution is -0.182. The van der Waals surface area contributed by atoms with Gasteiger partial charge in [-0.2, -0.15) is 0 Å². The van der Waals surface area contributed by atoms with Gasteiger partial charge in [0.1, 0.15) is 38.6 Å². The number of methoxy groups -OCH3 is 6. The van der Waals surface area contributed by atoms with Gasteiger partial charge in [-0.15, -0.1) is 0 Å². The lowest BCUT2D eigenvalue weighted by Crippen LogP contribution is -2.50. The van der Waals surface area contributed by atoms with Gasteiger partial charge in [-0.3, -0.25) is 62.3 Å². The van der Waals surface area contributed by atoms with E-state index in [-0.39, 0.29) is 133 Å². The molecular formula is C101H174O34. The zero-order valence-electron chi connectivity index (χ0n) is 88.4. The lowest BCUT2D eigenvalue weighted by atomic mass is 9.69. The molecule has 4 rings (SSSR count). The van der Waals surface area contributed by atoms with E-state index in [1.807, 2.05) is 155 Å². The summed E-state index contributed by atoms with van der Waals surface area (Å²) in [7, 11) is 8.22. The number of rotatable bonds is 36. The summed E-state index contributed by atoms with van der Waals surface area (Å²) in [5.41, 5.74) is -5.47. The number of aliphatic carboxylic acids is 3. The van der Waals surface area contributed by atoms with E-state index in [1.54, 1.807) is 69.2 Å². The molecule has 2 saturated heterocycles. The van der Waals surface area contributed by atoms with E-state index >= 15 is 0 Å². The van der Waals surface area contributed by atoms with Gasteiger partial charge in [0, 0.05) is 11.6 Å². The summed E-state index contributed by atoms with van der Waals surface area (Å²) in [6.45, 7) is 61.2. The number of esters is 12. The minimum Gasteiger partial charge on any atom is -0.481 e. The third-order valence-corrected chi connectivity index (χ3v) is 24.6. The SMILES string of the molecule is C=C(C)C(=O)OCC(O)COC(=O)C(C)(C)CC.C=CC(=O)OCC1CCC(OC(=O)C(C)(C)CC)C(O)C1.CCC(C)(C)C(=O)O.CCC(C)(C)C(=O)O.CCC(C)(C)C(=O)OC.CCC(C)(C)C(=O)OC.CCC(C)(C)C(=O)OCCC(=O)O.CCC(C)(C)C(=O)OCc1ccccc1.CCC1(C(=O)OC)COCC(C)(C(=O)OC)C1.CCC1(C(=O)OC)COCC(C)(C(=O)OC)C1. The standard InChI is InChI=1S/C16H26O5.C13H22O5.C13H18O2.2C12H20O5.C9H16O4.2C7H14O2.2C6H12O2/c1-5-14(18)20-10-11-7-8-13(12(17)9-11)21-15(19)16(3,4)6-2;1-6-13(4,5)12(16)18-8-10(14)7-17-11(15)9(2)3;1-4-13(2,3)12(14)15-10-11-8-6-5-7-9-11;2*1-5-12(10(14)16-4)6-11(2,7-17-8-12)9(13)15-3;1-4-9(2,3)8(12)13-6-5-7(10)11;2*1-5-7(2,3)6(8)9-4;2*1-4-6(2,3)5(7)8/h5,11-13,17H,1,6-10H2,2-4H3;10,14H,2,6-8H2,1,3-5H3;5-9H,4,10H2,1-3H3;2*5-8H2,1-4H3;4-6H2,1-3H3,(H,10,11);2*5H2,1-4H3;2*4H2,1-3H3,(H,7,8). The molecule has 1 aromatic rings. The van der Waals surface area contributed by atoms with Crippen molar-refractivity contribution in [1.82, 2.24) is 0 Å². The highest BCUT2D eigenvalue weighted by Crippen LogP contribution is 2.45. The van der Waals surface area contributed by atoms with Crippen LogP contribution in [-0.2, 0) is 145 Å². The van der Waals surface area contributed by atoms with Crippen molar-refractivity contribution in [3.63, 3.8) is 0 Å². The van der Waals surface area contributed by atoms with Gasteiger partial charge in [0.2, 0.25) is 0 Å². The summed E-state index contributed by atoms with van der Waals surface area (Å²) in [6.07, 6.45) is 8.36. The van der Waals surface area contributed by atoms with Crippen molar-refractivity contribution in [3.8, 4) is 0 Å². The van der Waals surface area contributed by atoms with E-state index in [9.17, 15) is 82.1 Å². The fourth-order valence-electron chi connectivity index (χ4n) is 10.7. The average molecular weight is 1930 g/mol. The van der Waals surface area contributed by atoms with Crippen LogP contribution in [0.4, 0.5) is 0 Å². The predicted octanol–water partition coefficient (Wildman–Crippen LogP) is 16.8. The molecule has 2 aliphatic heterocycles. The molecular weight excluding hydrogens is 1760 g/mol. The molecule has 8 atom stereocenters. The first-order chi connectivity index (χ1) is 61.9. The molecule has 782 valence electrons. The second kappa shape index (κ2) is 65.4. The maximum Gasteiger partial charge on any atom is 0.333 e. The van der Waals surface area contributed by atoms with Crippen LogP contribution in [0.15, 0.2) is 55.1 Å². The number of benzene rings is 1. The number of aliphatic hydroxyl groups is 2. The number of aliphatic hydroxyl groups excluding tert-OH is 2. The Kier molecular flexibility index (Phi) is 66.0.